The molecule has 2 aromatic rings. The van der Waals surface area contributed by atoms with Crippen molar-refractivity contribution >= 4 is 0 Å². The van der Waals surface area contributed by atoms with Gasteiger partial charge in [0.25, 0.3) is 0 Å². The van der Waals surface area contributed by atoms with E-state index in [9.17, 15) is 36.6 Å². The van der Waals surface area contributed by atoms with Crippen LogP contribution in [-0.4, -0.2) is 74.4 Å². The van der Waals surface area contributed by atoms with Crippen molar-refractivity contribution in [2.75, 3.05) is 39.6 Å². The lowest BCUT2D eigenvalue weighted by molar-refractivity contribution is -0.288. The fourth-order valence-electron chi connectivity index (χ4n) is 3.80. The van der Waals surface area contributed by atoms with Gasteiger partial charge >= 0.3 is 12.4 Å². The van der Waals surface area contributed by atoms with Gasteiger partial charge in [-0.2, -0.15) is 26.3 Å². The summed E-state index contributed by atoms with van der Waals surface area (Å²) in [4.78, 5) is 0. The molecule has 0 spiro atoms. The van der Waals surface area contributed by atoms with E-state index >= 15 is 0 Å². The van der Waals surface area contributed by atoms with Crippen LogP contribution in [0.4, 0.5) is 26.3 Å². The zero-order valence-electron chi connectivity index (χ0n) is 22.7. The monoisotopic (exact) mass is 592 g/mol. The van der Waals surface area contributed by atoms with Crippen LogP contribution in [0.25, 0.3) is 0 Å². The number of benzene rings is 2. The zero-order chi connectivity index (χ0) is 30.8. The van der Waals surface area contributed by atoms with Crippen LogP contribution in [0.5, 0.6) is 11.5 Å². The summed E-state index contributed by atoms with van der Waals surface area (Å²) in [7, 11) is 0. The van der Waals surface area contributed by atoms with Crippen LogP contribution in [0, 0.1) is 0 Å². The summed E-state index contributed by atoms with van der Waals surface area (Å²) in [5, 5.41) is 19.8. The second-order valence-electron chi connectivity index (χ2n) is 9.67. The first-order valence-electron chi connectivity index (χ1n) is 12.5. The van der Waals surface area contributed by atoms with Crippen molar-refractivity contribution in [2.45, 2.75) is 43.8 Å². The fraction of sp³-hybridized carbons (Fsp3) is 0.448. The van der Waals surface area contributed by atoms with E-state index in [2.05, 4.69) is 13.2 Å². The van der Waals surface area contributed by atoms with Crippen LogP contribution >= 0.6 is 0 Å². The predicted octanol–water partition coefficient (Wildman–Crippen LogP) is 5.76. The maximum absolute atomic E-state index is 14.4. The van der Waals surface area contributed by atoms with E-state index in [4.69, 9.17) is 18.9 Å². The summed E-state index contributed by atoms with van der Waals surface area (Å²) in [6, 6.07) is 6.63. The largest absolute Gasteiger partial charge is 0.491 e. The fourth-order valence-corrected chi connectivity index (χ4v) is 3.80. The SMILES string of the molecule is C=C(C)COCC(O)COc1ccc(C(c2ccc(OCC(O)COCC(=C)C)cc2)(C(F)(F)F)C(F)(F)F)cc1. The third kappa shape index (κ3) is 9.49. The smallest absolute Gasteiger partial charge is 0.411 e. The normalized spacial score (nSPS) is 13.9. The number of alkyl halides is 6. The van der Waals surface area contributed by atoms with Gasteiger partial charge in [-0.3, -0.25) is 0 Å². The van der Waals surface area contributed by atoms with Gasteiger partial charge in [-0.1, -0.05) is 48.6 Å². The Labute approximate surface area is 234 Å². The topological polar surface area (TPSA) is 77.4 Å². The molecule has 2 unspecified atom stereocenters. The molecule has 6 nitrogen and oxygen atoms in total. The molecule has 0 amide bonds. The number of hydrogen-bond acceptors (Lipinski definition) is 6. The van der Waals surface area contributed by atoms with Crippen LogP contribution in [0.1, 0.15) is 25.0 Å². The van der Waals surface area contributed by atoms with Gasteiger partial charge < -0.3 is 29.2 Å². The van der Waals surface area contributed by atoms with E-state index in [1.807, 2.05) is 0 Å². The molecule has 2 rings (SSSR count). The van der Waals surface area contributed by atoms with Crippen molar-refractivity contribution in [2.24, 2.45) is 0 Å². The van der Waals surface area contributed by atoms with Gasteiger partial charge in [-0.15, -0.1) is 0 Å². The molecule has 0 heterocycles. The van der Waals surface area contributed by atoms with Gasteiger partial charge in [0.1, 0.15) is 36.9 Å². The molecule has 0 saturated heterocycles. The first kappa shape index (κ1) is 34.1. The third-order valence-electron chi connectivity index (χ3n) is 5.63. The minimum Gasteiger partial charge on any atom is -0.491 e. The number of ether oxygens (including phenoxy) is 4. The molecule has 0 saturated carbocycles. The zero-order valence-corrected chi connectivity index (χ0v) is 22.7. The van der Waals surface area contributed by atoms with Crippen molar-refractivity contribution in [3.05, 3.63) is 84.0 Å². The molecule has 0 radical (unpaired) electrons. The molecular weight excluding hydrogens is 558 g/mol. The van der Waals surface area contributed by atoms with Crippen molar-refractivity contribution < 1.29 is 55.5 Å². The number of aliphatic hydroxyl groups is 2. The molecule has 0 aliphatic heterocycles. The first-order valence-corrected chi connectivity index (χ1v) is 12.5. The van der Waals surface area contributed by atoms with Crippen molar-refractivity contribution in [1.29, 1.82) is 0 Å². The number of halogens is 6. The molecule has 0 aromatic heterocycles. The van der Waals surface area contributed by atoms with E-state index in [-0.39, 0.29) is 51.1 Å². The molecule has 0 aliphatic carbocycles. The highest BCUT2D eigenvalue weighted by Gasteiger charge is 2.72. The lowest BCUT2D eigenvalue weighted by Gasteiger charge is -2.38. The van der Waals surface area contributed by atoms with Crippen LogP contribution in [0.2, 0.25) is 0 Å². The van der Waals surface area contributed by atoms with E-state index in [0.29, 0.717) is 24.3 Å². The molecule has 2 N–H and O–H groups in total. The quantitative estimate of drug-likeness (QED) is 0.191. The number of hydrogen-bond donors (Lipinski definition) is 2. The van der Waals surface area contributed by atoms with E-state index in [1.165, 1.54) is 0 Å². The van der Waals surface area contributed by atoms with Crippen LogP contribution in [0.3, 0.4) is 0 Å². The van der Waals surface area contributed by atoms with Crippen molar-refractivity contribution in [1.82, 2.24) is 0 Å². The predicted molar refractivity (Wildman–Crippen MR) is 140 cm³/mol. The summed E-state index contributed by atoms with van der Waals surface area (Å²) in [6.45, 7) is 10.4. The minimum absolute atomic E-state index is 0.0412. The number of aliphatic hydroxyl groups excluding tert-OH is 2. The Kier molecular flexibility index (Phi) is 12.3. The average Bonchev–Trinajstić information content (AvgIpc) is 2.86. The molecule has 228 valence electrons. The Bertz CT molecular complexity index is 1020. The summed E-state index contributed by atoms with van der Waals surface area (Å²) in [5.41, 5.74) is -5.05. The molecule has 2 aromatic carbocycles. The van der Waals surface area contributed by atoms with Crippen molar-refractivity contribution in [3.63, 3.8) is 0 Å². The Morgan fingerprint density at radius 2 is 0.951 bits per heavy atom. The Morgan fingerprint density at radius 1 is 0.634 bits per heavy atom. The first-order chi connectivity index (χ1) is 19.1. The molecule has 0 bridgehead atoms. The highest BCUT2D eigenvalue weighted by atomic mass is 19.4. The van der Waals surface area contributed by atoms with Gasteiger partial charge in [0.2, 0.25) is 5.41 Å². The van der Waals surface area contributed by atoms with Gasteiger partial charge in [0.05, 0.1) is 26.4 Å². The Hall–Kier alpha value is -3.06. The van der Waals surface area contributed by atoms with Gasteiger partial charge in [0, 0.05) is 0 Å². The number of rotatable bonds is 16. The second kappa shape index (κ2) is 14.7. The van der Waals surface area contributed by atoms with E-state index in [1.54, 1.807) is 13.8 Å². The minimum atomic E-state index is -5.77. The second-order valence-corrected chi connectivity index (χ2v) is 9.67. The van der Waals surface area contributed by atoms with Crippen LogP contribution in [-0.2, 0) is 14.9 Å². The Morgan fingerprint density at radius 3 is 1.22 bits per heavy atom. The molecule has 41 heavy (non-hydrogen) atoms. The van der Waals surface area contributed by atoms with E-state index in [0.717, 1.165) is 35.4 Å². The van der Waals surface area contributed by atoms with E-state index < -0.39 is 41.1 Å². The van der Waals surface area contributed by atoms with Crippen LogP contribution < -0.4 is 9.47 Å². The summed E-state index contributed by atoms with van der Waals surface area (Å²) < 4.78 is 107. The summed E-state index contributed by atoms with van der Waals surface area (Å²) in [6.07, 6.45) is -13.7. The molecule has 12 heteroatoms. The average molecular weight is 593 g/mol. The summed E-state index contributed by atoms with van der Waals surface area (Å²) in [5.74, 6) is -0.0824. The lowest BCUT2D eigenvalue weighted by Crippen LogP contribution is -2.54. The molecule has 2 atom stereocenters. The summed E-state index contributed by atoms with van der Waals surface area (Å²) >= 11 is 0. The molecule has 0 fully saturated rings. The maximum Gasteiger partial charge on any atom is 0.411 e. The molecule has 0 aliphatic rings. The van der Waals surface area contributed by atoms with Gasteiger partial charge in [-0.05, 0) is 49.2 Å². The lowest BCUT2D eigenvalue weighted by atomic mass is 9.73. The maximum atomic E-state index is 14.4. The third-order valence-corrected chi connectivity index (χ3v) is 5.63. The Balaban J connectivity index is 2.24. The standard InChI is InChI=1S/C29H34F6O6/c1-19(2)13-38-15-23(36)17-40-25-9-5-21(6-10-25)27(28(30,31)32,29(33,34)35)22-7-11-26(12-8-22)41-18-24(37)16-39-14-20(3)4/h5-12,23-24,36-37H,1,3,13-18H2,2,4H3. The highest BCUT2D eigenvalue weighted by Crippen LogP contribution is 2.56. The van der Waals surface area contributed by atoms with Crippen LogP contribution in [0.15, 0.2) is 72.8 Å². The highest BCUT2D eigenvalue weighted by molar-refractivity contribution is 5.47. The van der Waals surface area contributed by atoms with Crippen molar-refractivity contribution in [3.8, 4) is 11.5 Å². The van der Waals surface area contributed by atoms with Gasteiger partial charge in [-0.25, -0.2) is 0 Å². The molecular formula is C29H34F6O6. The van der Waals surface area contributed by atoms with Gasteiger partial charge in [0.15, 0.2) is 0 Å².